The zero-order valence-corrected chi connectivity index (χ0v) is 13.6. The number of unbranched alkanes of at least 4 members (excludes halogenated alkanes) is 1. The molecule has 1 heterocycles. The highest BCUT2D eigenvalue weighted by atomic mass is 16.4. The van der Waals surface area contributed by atoms with E-state index >= 15 is 0 Å². The van der Waals surface area contributed by atoms with Crippen LogP contribution >= 0.6 is 0 Å². The van der Waals surface area contributed by atoms with Crippen LogP contribution in [0.1, 0.15) is 57.8 Å². The van der Waals surface area contributed by atoms with Gasteiger partial charge in [0.1, 0.15) is 0 Å². The number of carbonyl (C=O) groups is 2. The molecule has 2 aliphatic rings. The lowest BCUT2D eigenvalue weighted by atomic mass is 10.0. The molecule has 1 aliphatic heterocycles. The molecule has 5 heteroatoms. The van der Waals surface area contributed by atoms with E-state index in [1.54, 1.807) is 0 Å². The molecule has 1 aliphatic carbocycles. The van der Waals surface area contributed by atoms with Crippen LogP contribution in [0.4, 0.5) is 0 Å². The van der Waals surface area contributed by atoms with Gasteiger partial charge in [0.05, 0.1) is 0 Å². The summed E-state index contributed by atoms with van der Waals surface area (Å²) in [6.45, 7) is 4.49. The molecular formula is C17H30N2O3. The lowest BCUT2D eigenvalue weighted by Gasteiger charge is -2.35. The van der Waals surface area contributed by atoms with Gasteiger partial charge in [-0.25, -0.2) is 0 Å². The molecule has 0 aromatic heterocycles. The molecule has 0 bridgehead atoms. The Hall–Kier alpha value is -1.10. The third-order valence-electron chi connectivity index (χ3n) is 5.08. The molecule has 1 saturated heterocycles. The van der Waals surface area contributed by atoms with Gasteiger partial charge >= 0.3 is 5.97 Å². The van der Waals surface area contributed by atoms with Crippen LogP contribution in [0.25, 0.3) is 0 Å². The number of hydrogen-bond acceptors (Lipinski definition) is 3. The van der Waals surface area contributed by atoms with E-state index in [-0.39, 0.29) is 6.42 Å². The van der Waals surface area contributed by atoms with Gasteiger partial charge in [0.25, 0.3) is 0 Å². The summed E-state index contributed by atoms with van der Waals surface area (Å²) in [5.74, 6) is 0.412. The summed E-state index contributed by atoms with van der Waals surface area (Å²) in [4.78, 5) is 27.1. The molecule has 1 N–H and O–H groups in total. The number of carbonyl (C=O) groups excluding carboxylic acids is 1. The Balaban J connectivity index is 1.55. The molecule has 22 heavy (non-hydrogen) atoms. The lowest BCUT2D eigenvalue weighted by molar-refractivity contribution is -0.137. The second-order valence-electron chi connectivity index (χ2n) is 6.76. The predicted molar refractivity (Wildman–Crippen MR) is 85.7 cm³/mol. The van der Waals surface area contributed by atoms with Crippen molar-refractivity contribution in [2.75, 3.05) is 32.7 Å². The molecule has 0 radical (unpaired) electrons. The maximum absolute atomic E-state index is 12.2. The molecule has 0 atom stereocenters. The number of carboxylic acids is 1. The Labute approximate surface area is 133 Å². The third-order valence-corrected chi connectivity index (χ3v) is 5.08. The highest BCUT2D eigenvalue weighted by molar-refractivity contribution is 5.76. The van der Waals surface area contributed by atoms with Gasteiger partial charge in [-0.15, -0.1) is 0 Å². The third kappa shape index (κ3) is 5.95. The first-order valence-corrected chi connectivity index (χ1v) is 8.87. The van der Waals surface area contributed by atoms with Crippen molar-refractivity contribution in [1.82, 2.24) is 9.80 Å². The van der Waals surface area contributed by atoms with Crippen LogP contribution < -0.4 is 0 Å². The quantitative estimate of drug-likeness (QED) is 0.699. The van der Waals surface area contributed by atoms with Crippen molar-refractivity contribution in [3.8, 4) is 0 Å². The van der Waals surface area contributed by atoms with Gasteiger partial charge in [0.15, 0.2) is 0 Å². The Morgan fingerprint density at radius 3 is 2.27 bits per heavy atom. The molecule has 2 fully saturated rings. The predicted octanol–water partition coefficient (Wildman–Crippen LogP) is 2.36. The van der Waals surface area contributed by atoms with Crippen molar-refractivity contribution in [2.45, 2.75) is 57.8 Å². The first-order chi connectivity index (χ1) is 10.6. The molecule has 5 nitrogen and oxygen atoms in total. The Bertz CT molecular complexity index is 359. The van der Waals surface area contributed by atoms with E-state index < -0.39 is 5.97 Å². The van der Waals surface area contributed by atoms with Crippen molar-refractivity contribution >= 4 is 11.9 Å². The first kappa shape index (κ1) is 17.3. The van der Waals surface area contributed by atoms with Crippen molar-refractivity contribution in [1.29, 1.82) is 0 Å². The van der Waals surface area contributed by atoms with Gasteiger partial charge in [0, 0.05) is 39.0 Å². The van der Waals surface area contributed by atoms with Crippen LogP contribution in [0.3, 0.4) is 0 Å². The Morgan fingerprint density at radius 1 is 0.955 bits per heavy atom. The van der Waals surface area contributed by atoms with Crippen LogP contribution in [0.15, 0.2) is 0 Å². The Kier molecular flexibility index (Phi) is 7.16. The molecule has 0 aromatic rings. The zero-order valence-electron chi connectivity index (χ0n) is 13.6. The zero-order chi connectivity index (χ0) is 15.8. The number of hydrogen-bond donors (Lipinski definition) is 1. The molecule has 1 amide bonds. The van der Waals surface area contributed by atoms with E-state index in [4.69, 9.17) is 5.11 Å². The van der Waals surface area contributed by atoms with Gasteiger partial charge in [-0.05, 0) is 31.7 Å². The summed E-state index contributed by atoms with van der Waals surface area (Å²) in [6, 6.07) is 0. The molecule has 0 unspecified atom stereocenters. The summed E-state index contributed by atoms with van der Waals surface area (Å²) >= 11 is 0. The largest absolute Gasteiger partial charge is 0.481 e. The average molecular weight is 310 g/mol. The summed E-state index contributed by atoms with van der Waals surface area (Å²) in [7, 11) is 0. The van der Waals surface area contributed by atoms with E-state index in [0.717, 1.165) is 64.3 Å². The van der Waals surface area contributed by atoms with Crippen molar-refractivity contribution in [2.24, 2.45) is 5.92 Å². The van der Waals surface area contributed by atoms with Gasteiger partial charge in [0.2, 0.25) is 5.91 Å². The lowest BCUT2D eigenvalue weighted by Crippen LogP contribution is -2.48. The molecule has 126 valence electrons. The maximum Gasteiger partial charge on any atom is 0.303 e. The number of piperazine rings is 1. The van der Waals surface area contributed by atoms with Crippen LogP contribution in [-0.4, -0.2) is 59.5 Å². The second kappa shape index (κ2) is 9.13. The summed E-state index contributed by atoms with van der Waals surface area (Å²) in [6.07, 6.45) is 9.07. The standard InChI is InChI=1S/C17H30N2O3/c20-16(9-8-15-5-1-2-6-15)19-13-11-18(12-14-19)10-4-3-7-17(21)22/h15H,1-14H2,(H,21,22). The topological polar surface area (TPSA) is 60.9 Å². The summed E-state index contributed by atoms with van der Waals surface area (Å²) in [5.41, 5.74) is 0. The maximum atomic E-state index is 12.2. The molecule has 1 saturated carbocycles. The van der Waals surface area contributed by atoms with Crippen molar-refractivity contribution in [3.63, 3.8) is 0 Å². The van der Waals surface area contributed by atoms with Gasteiger partial charge in [-0.3, -0.25) is 14.5 Å². The number of amides is 1. The molecule has 0 spiro atoms. The fourth-order valence-corrected chi connectivity index (χ4v) is 3.62. The molecular weight excluding hydrogens is 280 g/mol. The van der Waals surface area contributed by atoms with E-state index in [9.17, 15) is 9.59 Å². The van der Waals surface area contributed by atoms with E-state index in [1.807, 2.05) is 4.90 Å². The first-order valence-electron chi connectivity index (χ1n) is 8.87. The second-order valence-corrected chi connectivity index (χ2v) is 6.76. The summed E-state index contributed by atoms with van der Waals surface area (Å²) < 4.78 is 0. The molecule has 0 aromatic carbocycles. The van der Waals surface area contributed by atoms with Gasteiger partial charge in [-0.2, -0.15) is 0 Å². The fourth-order valence-electron chi connectivity index (χ4n) is 3.62. The fraction of sp³-hybridized carbons (Fsp3) is 0.882. The molecule has 2 rings (SSSR count). The van der Waals surface area contributed by atoms with Crippen LogP contribution in [0, 0.1) is 5.92 Å². The van der Waals surface area contributed by atoms with E-state index in [0.29, 0.717) is 5.91 Å². The van der Waals surface area contributed by atoms with Crippen LogP contribution in [-0.2, 0) is 9.59 Å². The number of nitrogens with zero attached hydrogens (tertiary/aromatic N) is 2. The average Bonchev–Trinajstić information content (AvgIpc) is 3.03. The van der Waals surface area contributed by atoms with E-state index in [2.05, 4.69) is 4.90 Å². The minimum Gasteiger partial charge on any atom is -0.481 e. The van der Waals surface area contributed by atoms with Crippen LogP contribution in [0.2, 0.25) is 0 Å². The Morgan fingerprint density at radius 2 is 1.64 bits per heavy atom. The van der Waals surface area contributed by atoms with Gasteiger partial charge < -0.3 is 10.0 Å². The minimum atomic E-state index is -0.710. The smallest absolute Gasteiger partial charge is 0.303 e. The van der Waals surface area contributed by atoms with Crippen molar-refractivity contribution < 1.29 is 14.7 Å². The number of rotatable bonds is 8. The highest BCUT2D eigenvalue weighted by Gasteiger charge is 2.22. The number of aliphatic carboxylic acids is 1. The normalized spacial score (nSPS) is 20.5. The van der Waals surface area contributed by atoms with Gasteiger partial charge in [-0.1, -0.05) is 25.7 Å². The van der Waals surface area contributed by atoms with Crippen LogP contribution in [0.5, 0.6) is 0 Å². The van der Waals surface area contributed by atoms with Crippen molar-refractivity contribution in [3.05, 3.63) is 0 Å². The SMILES string of the molecule is O=C(O)CCCCN1CCN(C(=O)CCC2CCCC2)CC1. The van der Waals surface area contributed by atoms with E-state index in [1.165, 1.54) is 25.7 Å². The monoisotopic (exact) mass is 310 g/mol. The highest BCUT2D eigenvalue weighted by Crippen LogP contribution is 2.28. The number of carboxylic acid groups (broad SMARTS) is 1. The summed E-state index contributed by atoms with van der Waals surface area (Å²) in [5, 5.41) is 8.62. The minimum absolute atomic E-state index is 0.264.